The average molecular weight is 360 g/mol. The van der Waals surface area contributed by atoms with Crippen LogP contribution in [-0.4, -0.2) is 12.5 Å². The van der Waals surface area contributed by atoms with Gasteiger partial charge in [0, 0.05) is 17.1 Å². The summed E-state index contributed by atoms with van der Waals surface area (Å²) in [5.74, 6) is 0.822. The van der Waals surface area contributed by atoms with Crippen LogP contribution in [0.25, 0.3) is 0 Å². The molecule has 27 heavy (non-hydrogen) atoms. The lowest BCUT2D eigenvalue weighted by molar-refractivity contribution is -0.118. The van der Waals surface area contributed by atoms with E-state index in [1.54, 1.807) is 0 Å². The van der Waals surface area contributed by atoms with Crippen molar-refractivity contribution in [3.05, 3.63) is 84.4 Å². The van der Waals surface area contributed by atoms with Gasteiger partial charge in [0.05, 0.1) is 0 Å². The SMILES string of the molecule is CC(C)c1ccccc1NC(=O)COc1ccc(Nc2ccccc2)cc1. The Morgan fingerprint density at radius 3 is 2.19 bits per heavy atom. The minimum absolute atomic E-state index is 0.0299. The molecular formula is C23H24N2O2. The maximum atomic E-state index is 12.2. The molecule has 0 aliphatic carbocycles. The van der Waals surface area contributed by atoms with E-state index < -0.39 is 0 Å². The highest BCUT2D eigenvalue weighted by Gasteiger charge is 2.09. The quantitative estimate of drug-likeness (QED) is 0.579. The second kappa shape index (κ2) is 8.90. The van der Waals surface area contributed by atoms with Crippen molar-refractivity contribution in [3.8, 4) is 5.75 Å². The zero-order valence-electron chi connectivity index (χ0n) is 15.6. The van der Waals surface area contributed by atoms with E-state index in [4.69, 9.17) is 4.74 Å². The third-order valence-electron chi connectivity index (χ3n) is 4.14. The number of para-hydroxylation sites is 2. The van der Waals surface area contributed by atoms with Gasteiger partial charge in [-0.1, -0.05) is 50.2 Å². The van der Waals surface area contributed by atoms with Gasteiger partial charge in [0.1, 0.15) is 5.75 Å². The van der Waals surface area contributed by atoms with E-state index in [1.807, 2.05) is 78.9 Å². The first-order chi connectivity index (χ1) is 13.1. The summed E-state index contributed by atoms with van der Waals surface area (Å²) >= 11 is 0. The van der Waals surface area contributed by atoms with Crippen molar-refractivity contribution < 1.29 is 9.53 Å². The zero-order chi connectivity index (χ0) is 19.1. The summed E-state index contributed by atoms with van der Waals surface area (Å²) in [7, 11) is 0. The molecule has 0 bridgehead atoms. The smallest absolute Gasteiger partial charge is 0.262 e. The van der Waals surface area contributed by atoms with Gasteiger partial charge in [-0.2, -0.15) is 0 Å². The number of rotatable bonds is 7. The van der Waals surface area contributed by atoms with Crippen molar-refractivity contribution in [2.45, 2.75) is 19.8 Å². The second-order valence-electron chi connectivity index (χ2n) is 6.59. The number of carbonyl (C=O) groups excluding carboxylic acids is 1. The van der Waals surface area contributed by atoms with E-state index >= 15 is 0 Å². The molecule has 4 heteroatoms. The normalized spacial score (nSPS) is 10.5. The first kappa shape index (κ1) is 18.5. The summed E-state index contributed by atoms with van der Waals surface area (Å²) in [6, 6.07) is 25.3. The maximum Gasteiger partial charge on any atom is 0.262 e. The van der Waals surface area contributed by atoms with E-state index in [-0.39, 0.29) is 12.5 Å². The zero-order valence-corrected chi connectivity index (χ0v) is 15.6. The molecule has 1 amide bonds. The number of nitrogens with one attached hydrogen (secondary N) is 2. The van der Waals surface area contributed by atoms with Crippen LogP contribution in [0.1, 0.15) is 25.3 Å². The molecule has 0 unspecified atom stereocenters. The number of benzene rings is 3. The van der Waals surface area contributed by atoms with Crippen molar-refractivity contribution in [3.63, 3.8) is 0 Å². The van der Waals surface area contributed by atoms with Gasteiger partial charge in [0.2, 0.25) is 0 Å². The van der Waals surface area contributed by atoms with E-state index in [1.165, 1.54) is 0 Å². The number of amides is 1. The molecule has 4 nitrogen and oxygen atoms in total. The van der Waals surface area contributed by atoms with Crippen LogP contribution in [0.2, 0.25) is 0 Å². The van der Waals surface area contributed by atoms with Crippen LogP contribution in [0.5, 0.6) is 5.75 Å². The van der Waals surface area contributed by atoms with Crippen LogP contribution in [-0.2, 0) is 4.79 Å². The summed E-state index contributed by atoms with van der Waals surface area (Å²) in [5, 5.41) is 6.24. The Kier molecular flexibility index (Phi) is 6.10. The Hall–Kier alpha value is -3.27. The Morgan fingerprint density at radius 2 is 1.48 bits per heavy atom. The number of hydrogen-bond acceptors (Lipinski definition) is 3. The monoisotopic (exact) mass is 360 g/mol. The molecule has 0 atom stereocenters. The minimum Gasteiger partial charge on any atom is -0.484 e. The van der Waals surface area contributed by atoms with E-state index in [2.05, 4.69) is 24.5 Å². The highest BCUT2D eigenvalue weighted by atomic mass is 16.5. The summed E-state index contributed by atoms with van der Waals surface area (Å²) in [6.45, 7) is 4.18. The van der Waals surface area contributed by atoms with Crippen molar-refractivity contribution >= 4 is 23.0 Å². The van der Waals surface area contributed by atoms with Gasteiger partial charge in [-0.3, -0.25) is 4.79 Å². The molecule has 3 aromatic carbocycles. The summed E-state index contributed by atoms with van der Waals surface area (Å²) < 4.78 is 5.61. The van der Waals surface area contributed by atoms with Crippen LogP contribution in [0.4, 0.5) is 17.1 Å². The first-order valence-electron chi connectivity index (χ1n) is 9.05. The van der Waals surface area contributed by atoms with Gasteiger partial charge >= 0.3 is 0 Å². The summed E-state index contributed by atoms with van der Waals surface area (Å²) in [4.78, 5) is 12.2. The highest BCUT2D eigenvalue weighted by molar-refractivity contribution is 5.92. The molecular weight excluding hydrogens is 336 g/mol. The van der Waals surface area contributed by atoms with Gasteiger partial charge in [0.15, 0.2) is 6.61 Å². The van der Waals surface area contributed by atoms with Gasteiger partial charge in [-0.25, -0.2) is 0 Å². The molecule has 138 valence electrons. The Bertz CT molecular complexity index is 874. The number of anilines is 3. The molecule has 0 aliphatic heterocycles. The van der Waals surface area contributed by atoms with Gasteiger partial charge in [-0.15, -0.1) is 0 Å². The van der Waals surface area contributed by atoms with E-state index in [0.29, 0.717) is 11.7 Å². The largest absolute Gasteiger partial charge is 0.484 e. The molecule has 3 rings (SSSR count). The van der Waals surface area contributed by atoms with Crippen LogP contribution in [0.15, 0.2) is 78.9 Å². The van der Waals surface area contributed by atoms with E-state index in [0.717, 1.165) is 22.6 Å². The topological polar surface area (TPSA) is 50.4 Å². The fourth-order valence-electron chi connectivity index (χ4n) is 2.77. The number of ether oxygens (including phenoxy) is 1. The van der Waals surface area contributed by atoms with Crippen LogP contribution >= 0.6 is 0 Å². The Morgan fingerprint density at radius 1 is 0.852 bits per heavy atom. The fourth-order valence-corrected chi connectivity index (χ4v) is 2.77. The second-order valence-corrected chi connectivity index (χ2v) is 6.59. The molecule has 0 aliphatic rings. The van der Waals surface area contributed by atoms with Crippen LogP contribution < -0.4 is 15.4 Å². The van der Waals surface area contributed by atoms with Gasteiger partial charge < -0.3 is 15.4 Å². The maximum absolute atomic E-state index is 12.2. The molecule has 2 N–H and O–H groups in total. The first-order valence-corrected chi connectivity index (χ1v) is 9.05. The van der Waals surface area contributed by atoms with Crippen LogP contribution in [0, 0.1) is 0 Å². The summed E-state index contributed by atoms with van der Waals surface area (Å²) in [5.41, 5.74) is 3.93. The molecule has 0 saturated carbocycles. The van der Waals surface area contributed by atoms with Crippen molar-refractivity contribution in [2.75, 3.05) is 17.2 Å². The average Bonchev–Trinajstić information content (AvgIpc) is 2.68. The molecule has 0 fully saturated rings. The van der Waals surface area contributed by atoms with Crippen molar-refractivity contribution in [1.29, 1.82) is 0 Å². The fraction of sp³-hybridized carbons (Fsp3) is 0.174. The lowest BCUT2D eigenvalue weighted by Crippen LogP contribution is -2.21. The molecule has 0 aromatic heterocycles. The van der Waals surface area contributed by atoms with Gasteiger partial charge in [-0.05, 0) is 53.9 Å². The molecule has 0 spiro atoms. The lowest BCUT2D eigenvalue weighted by Gasteiger charge is -2.14. The molecule has 0 saturated heterocycles. The molecule has 0 heterocycles. The highest BCUT2D eigenvalue weighted by Crippen LogP contribution is 2.24. The van der Waals surface area contributed by atoms with E-state index in [9.17, 15) is 4.79 Å². The Balaban J connectivity index is 1.53. The standard InChI is InChI=1S/C23H24N2O2/c1-17(2)21-10-6-7-11-22(21)25-23(26)16-27-20-14-12-19(13-15-20)24-18-8-4-3-5-9-18/h3-15,17,24H,16H2,1-2H3,(H,25,26). The van der Waals surface area contributed by atoms with Gasteiger partial charge in [0.25, 0.3) is 5.91 Å². The van der Waals surface area contributed by atoms with Crippen molar-refractivity contribution in [1.82, 2.24) is 0 Å². The third-order valence-corrected chi connectivity index (χ3v) is 4.14. The molecule has 3 aromatic rings. The summed E-state index contributed by atoms with van der Waals surface area (Å²) in [6.07, 6.45) is 0. The van der Waals surface area contributed by atoms with Crippen molar-refractivity contribution in [2.24, 2.45) is 0 Å². The predicted octanol–water partition coefficient (Wildman–Crippen LogP) is 5.57. The lowest BCUT2D eigenvalue weighted by atomic mass is 10.0. The third kappa shape index (κ3) is 5.35. The molecule has 0 radical (unpaired) electrons. The number of carbonyl (C=O) groups is 1. The van der Waals surface area contributed by atoms with Crippen LogP contribution in [0.3, 0.4) is 0 Å². The number of hydrogen-bond donors (Lipinski definition) is 2. The Labute approximate surface area is 160 Å². The minimum atomic E-state index is -0.172. The predicted molar refractivity (Wildman–Crippen MR) is 111 cm³/mol.